The van der Waals surface area contributed by atoms with Crippen molar-refractivity contribution in [1.29, 1.82) is 0 Å². The maximum Gasteiger partial charge on any atom is 0.339 e. The Morgan fingerprint density at radius 3 is 2.84 bits per heavy atom. The van der Waals surface area contributed by atoms with Gasteiger partial charge in [-0.05, 0) is 0 Å². The molecule has 1 aliphatic rings. The summed E-state index contributed by atoms with van der Waals surface area (Å²) in [4.78, 5) is 17.4. The van der Waals surface area contributed by atoms with E-state index in [-0.39, 0.29) is 10.7 Å². The minimum atomic E-state index is -1.03. The van der Waals surface area contributed by atoms with Crippen LogP contribution in [0.25, 0.3) is 5.65 Å². The standard InChI is InChI=1S/C11H11ClN4O3/c12-8-6-16-10(14-8)9(7(5-13-16)11(17)18)15-1-3-19-4-2-15/h5-6H,1-4H2,(H,17,18). The molecule has 0 bridgehead atoms. The maximum atomic E-state index is 11.3. The van der Waals surface area contributed by atoms with Crippen LogP contribution < -0.4 is 4.90 Å². The Balaban J connectivity index is 2.21. The number of imidazole rings is 1. The Morgan fingerprint density at radius 2 is 2.16 bits per heavy atom. The minimum absolute atomic E-state index is 0.122. The highest BCUT2D eigenvalue weighted by molar-refractivity contribution is 6.29. The fourth-order valence-electron chi connectivity index (χ4n) is 2.15. The summed E-state index contributed by atoms with van der Waals surface area (Å²) >= 11 is 5.86. The second-order valence-corrected chi connectivity index (χ2v) is 4.53. The smallest absolute Gasteiger partial charge is 0.339 e. The van der Waals surface area contributed by atoms with Gasteiger partial charge in [-0.2, -0.15) is 5.10 Å². The predicted molar refractivity (Wildman–Crippen MR) is 68.0 cm³/mol. The zero-order valence-corrected chi connectivity index (χ0v) is 10.7. The summed E-state index contributed by atoms with van der Waals surface area (Å²) in [5.74, 6) is -1.03. The third-order valence-corrected chi connectivity index (χ3v) is 3.18. The molecule has 8 heteroatoms. The number of rotatable bonds is 2. The summed E-state index contributed by atoms with van der Waals surface area (Å²) in [6.07, 6.45) is 2.87. The molecule has 1 saturated heterocycles. The largest absolute Gasteiger partial charge is 0.478 e. The summed E-state index contributed by atoms with van der Waals surface area (Å²) in [7, 11) is 0. The highest BCUT2D eigenvalue weighted by Gasteiger charge is 2.23. The van der Waals surface area contributed by atoms with Gasteiger partial charge < -0.3 is 14.7 Å². The number of aromatic nitrogens is 3. The Kier molecular flexibility index (Phi) is 3.00. The number of halogens is 1. The molecular weight excluding hydrogens is 272 g/mol. The van der Waals surface area contributed by atoms with E-state index in [1.165, 1.54) is 10.7 Å². The molecule has 3 rings (SSSR count). The van der Waals surface area contributed by atoms with Gasteiger partial charge in [0.05, 0.1) is 31.3 Å². The first-order valence-electron chi connectivity index (χ1n) is 5.76. The fraction of sp³-hybridized carbons (Fsp3) is 0.364. The molecule has 7 nitrogen and oxygen atoms in total. The number of carboxylic acid groups (broad SMARTS) is 1. The first-order chi connectivity index (χ1) is 9.16. The molecule has 0 unspecified atom stereocenters. The lowest BCUT2D eigenvalue weighted by atomic mass is 10.2. The van der Waals surface area contributed by atoms with Gasteiger partial charge in [-0.1, -0.05) is 11.6 Å². The van der Waals surface area contributed by atoms with Crippen LogP contribution in [0.15, 0.2) is 12.4 Å². The summed E-state index contributed by atoms with van der Waals surface area (Å²) in [6, 6.07) is 0. The van der Waals surface area contributed by atoms with Crippen LogP contribution in [0.1, 0.15) is 10.4 Å². The molecule has 0 atom stereocenters. The van der Waals surface area contributed by atoms with Crippen molar-refractivity contribution < 1.29 is 14.6 Å². The van der Waals surface area contributed by atoms with Gasteiger partial charge in [0.15, 0.2) is 5.65 Å². The Labute approximate surface area is 113 Å². The summed E-state index contributed by atoms with van der Waals surface area (Å²) in [6.45, 7) is 2.35. The molecule has 0 saturated carbocycles. The number of hydrogen-bond acceptors (Lipinski definition) is 5. The van der Waals surface area contributed by atoms with Gasteiger partial charge in [-0.25, -0.2) is 14.3 Å². The Bertz CT molecular complexity index is 636. The number of carboxylic acids is 1. The van der Waals surface area contributed by atoms with Crippen molar-refractivity contribution in [2.75, 3.05) is 31.2 Å². The third-order valence-electron chi connectivity index (χ3n) is 2.99. The van der Waals surface area contributed by atoms with Gasteiger partial charge in [0, 0.05) is 13.1 Å². The van der Waals surface area contributed by atoms with E-state index in [1.807, 2.05) is 4.90 Å². The number of aromatic carboxylic acids is 1. The molecule has 0 aliphatic carbocycles. The number of morpholine rings is 1. The summed E-state index contributed by atoms with van der Waals surface area (Å²) < 4.78 is 6.77. The topological polar surface area (TPSA) is 80.0 Å². The molecule has 2 aromatic rings. The van der Waals surface area contributed by atoms with Crippen molar-refractivity contribution in [2.45, 2.75) is 0 Å². The van der Waals surface area contributed by atoms with Gasteiger partial charge in [0.2, 0.25) is 0 Å². The SMILES string of the molecule is O=C(O)c1cnn2cc(Cl)nc2c1N1CCOCC1. The van der Waals surface area contributed by atoms with Crippen molar-refractivity contribution >= 4 is 28.9 Å². The molecular formula is C11H11ClN4O3. The van der Waals surface area contributed by atoms with Gasteiger partial charge in [0.1, 0.15) is 10.7 Å². The van der Waals surface area contributed by atoms with Crippen molar-refractivity contribution in [3.63, 3.8) is 0 Å². The van der Waals surface area contributed by atoms with Crippen LogP contribution in [0.4, 0.5) is 5.69 Å². The predicted octanol–water partition coefficient (Wildman–Crippen LogP) is 0.917. The van der Waals surface area contributed by atoms with E-state index < -0.39 is 5.97 Å². The molecule has 100 valence electrons. The van der Waals surface area contributed by atoms with Gasteiger partial charge in [-0.15, -0.1) is 0 Å². The van der Waals surface area contributed by atoms with Gasteiger partial charge in [-0.3, -0.25) is 0 Å². The number of ether oxygens (including phenoxy) is 1. The molecule has 1 aliphatic heterocycles. The molecule has 19 heavy (non-hydrogen) atoms. The monoisotopic (exact) mass is 282 g/mol. The van der Waals surface area contributed by atoms with Crippen molar-refractivity contribution in [2.24, 2.45) is 0 Å². The van der Waals surface area contributed by atoms with Crippen molar-refractivity contribution in [3.05, 3.63) is 23.1 Å². The molecule has 0 spiro atoms. The van der Waals surface area contributed by atoms with Crippen molar-refractivity contribution in [1.82, 2.24) is 14.6 Å². The number of hydrogen-bond donors (Lipinski definition) is 1. The van der Waals surface area contributed by atoms with Crippen LogP contribution in [0, 0.1) is 0 Å². The Morgan fingerprint density at radius 1 is 1.42 bits per heavy atom. The highest BCUT2D eigenvalue weighted by Crippen LogP contribution is 2.27. The second-order valence-electron chi connectivity index (χ2n) is 4.14. The maximum absolute atomic E-state index is 11.3. The van der Waals surface area contributed by atoms with Gasteiger partial charge >= 0.3 is 5.97 Å². The normalized spacial score (nSPS) is 15.9. The van der Waals surface area contributed by atoms with E-state index >= 15 is 0 Å². The fourth-order valence-corrected chi connectivity index (χ4v) is 2.32. The van der Waals surface area contributed by atoms with E-state index in [0.29, 0.717) is 37.6 Å². The van der Waals surface area contributed by atoms with Crippen molar-refractivity contribution in [3.8, 4) is 0 Å². The first kappa shape index (κ1) is 12.2. The quantitative estimate of drug-likeness (QED) is 0.882. The van der Waals surface area contributed by atoms with Crippen LogP contribution in [0.3, 0.4) is 0 Å². The van der Waals surface area contributed by atoms with Crippen LogP contribution >= 0.6 is 11.6 Å². The minimum Gasteiger partial charge on any atom is -0.478 e. The molecule has 1 fully saturated rings. The van der Waals surface area contributed by atoms with Crippen LogP contribution in [0.5, 0.6) is 0 Å². The van der Waals surface area contributed by atoms with Gasteiger partial charge in [0.25, 0.3) is 0 Å². The lowest BCUT2D eigenvalue weighted by Crippen LogP contribution is -2.37. The molecule has 0 aromatic carbocycles. The summed E-state index contributed by atoms with van der Waals surface area (Å²) in [5, 5.41) is 13.6. The van der Waals surface area contributed by atoms with E-state index in [1.54, 1.807) is 6.20 Å². The molecule has 1 N–H and O–H groups in total. The number of anilines is 1. The lowest BCUT2D eigenvalue weighted by Gasteiger charge is -2.29. The molecule has 3 heterocycles. The average molecular weight is 283 g/mol. The van der Waals surface area contributed by atoms with E-state index in [4.69, 9.17) is 16.3 Å². The summed E-state index contributed by atoms with van der Waals surface area (Å²) in [5.41, 5.74) is 1.11. The van der Waals surface area contributed by atoms with Crippen LogP contribution in [0.2, 0.25) is 5.15 Å². The molecule has 2 aromatic heterocycles. The van der Waals surface area contributed by atoms with E-state index in [0.717, 1.165) is 0 Å². The highest BCUT2D eigenvalue weighted by atomic mass is 35.5. The lowest BCUT2D eigenvalue weighted by molar-refractivity contribution is 0.0695. The Hall–Kier alpha value is -1.86. The first-order valence-corrected chi connectivity index (χ1v) is 6.14. The molecule has 0 radical (unpaired) electrons. The van der Waals surface area contributed by atoms with E-state index in [9.17, 15) is 9.90 Å². The number of nitrogens with zero attached hydrogens (tertiary/aromatic N) is 4. The second kappa shape index (κ2) is 4.67. The third kappa shape index (κ3) is 2.11. The van der Waals surface area contributed by atoms with Crippen LogP contribution in [-0.4, -0.2) is 52.0 Å². The van der Waals surface area contributed by atoms with Crippen LogP contribution in [-0.2, 0) is 4.74 Å². The number of fused-ring (bicyclic) bond motifs is 1. The molecule has 0 amide bonds. The zero-order chi connectivity index (χ0) is 13.4. The average Bonchev–Trinajstić information content (AvgIpc) is 2.78. The zero-order valence-electron chi connectivity index (χ0n) is 9.91. The number of carbonyl (C=O) groups is 1. The van der Waals surface area contributed by atoms with E-state index in [2.05, 4.69) is 10.1 Å².